The van der Waals surface area contributed by atoms with Crippen LogP contribution in [0.4, 0.5) is 18.9 Å². The van der Waals surface area contributed by atoms with E-state index in [0.29, 0.717) is 0 Å². The van der Waals surface area contributed by atoms with Gasteiger partial charge in [-0.25, -0.2) is 0 Å². The van der Waals surface area contributed by atoms with Crippen LogP contribution in [-0.4, -0.2) is 11.6 Å². The topological polar surface area (TPSA) is 52.3 Å². The fourth-order valence-electron chi connectivity index (χ4n) is 0.964. The van der Waals surface area contributed by atoms with Gasteiger partial charge in [-0.1, -0.05) is 0 Å². The summed E-state index contributed by atoms with van der Waals surface area (Å²) in [7, 11) is 0. The zero-order valence-electron chi connectivity index (χ0n) is 7.44. The summed E-state index contributed by atoms with van der Waals surface area (Å²) in [6.45, 7) is 0. The van der Waals surface area contributed by atoms with Crippen LogP contribution >= 0.6 is 27.5 Å². The third kappa shape index (κ3) is 3.02. The Hall–Kier alpha value is -0.950. The number of anilines is 1. The summed E-state index contributed by atoms with van der Waals surface area (Å²) >= 11 is 7.96. The predicted octanol–water partition coefficient (Wildman–Crippen LogP) is 3.31. The second-order valence-corrected chi connectivity index (χ2v) is 3.86. The highest BCUT2D eigenvalue weighted by Gasteiger charge is 2.33. The summed E-state index contributed by atoms with van der Waals surface area (Å²) in [4.78, 5) is 10.8. The van der Waals surface area contributed by atoms with E-state index in [1.807, 2.05) is 0 Å². The number of carbonyl (C=O) groups is 1. The zero-order chi connectivity index (χ0) is 12.5. The molecule has 0 aliphatic carbocycles. The molecule has 8 heteroatoms. The van der Waals surface area contributed by atoms with Crippen LogP contribution in [0.3, 0.4) is 0 Å². The predicted molar refractivity (Wildman–Crippen MR) is 55.4 cm³/mol. The van der Waals surface area contributed by atoms with Crippen LogP contribution in [0.25, 0.3) is 0 Å². The molecular formula is C8H4BrClF3NO2. The van der Waals surface area contributed by atoms with Crippen molar-refractivity contribution in [1.82, 2.24) is 0 Å². The molecule has 1 aromatic rings. The van der Waals surface area contributed by atoms with Crippen LogP contribution in [0.1, 0.15) is 10.4 Å². The maximum Gasteiger partial charge on any atom is 0.573 e. The van der Waals surface area contributed by atoms with Gasteiger partial charge in [-0.2, -0.15) is 0 Å². The van der Waals surface area contributed by atoms with E-state index >= 15 is 0 Å². The van der Waals surface area contributed by atoms with E-state index in [-0.39, 0.29) is 10.0 Å². The van der Waals surface area contributed by atoms with E-state index in [1.165, 1.54) is 12.1 Å². The van der Waals surface area contributed by atoms with Gasteiger partial charge in [0.1, 0.15) is 0 Å². The lowest BCUT2D eigenvalue weighted by Crippen LogP contribution is -2.19. The Morgan fingerprint density at radius 2 is 2.00 bits per heavy atom. The SMILES string of the molecule is Nc1c(C(=O)Cl)ccc(Br)c1OC(F)(F)F. The van der Waals surface area contributed by atoms with Crippen molar-refractivity contribution in [3.63, 3.8) is 0 Å². The number of carbonyl (C=O) groups excluding carboxylic acids is 1. The summed E-state index contributed by atoms with van der Waals surface area (Å²) in [6.07, 6.45) is -4.90. The molecule has 0 radical (unpaired) electrons. The van der Waals surface area contributed by atoms with Crippen LogP contribution in [0, 0.1) is 0 Å². The van der Waals surface area contributed by atoms with Gasteiger partial charge in [-0.15, -0.1) is 13.2 Å². The number of ether oxygens (including phenoxy) is 1. The maximum atomic E-state index is 12.0. The fourth-order valence-corrected chi connectivity index (χ4v) is 1.56. The molecule has 88 valence electrons. The van der Waals surface area contributed by atoms with Crippen LogP contribution in [-0.2, 0) is 0 Å². The van der Waals surface area contributed by atoms with Gasteiger partial charge in [0.15, 0.2) is 5.75 Å². The van der Waals surface area contributed by atoms with Crippen molar-refractivity contribution in [2.75, 3.05) is 5.73 Å². The second-order valence-electron chi connectivity index (χ2n) is 2.66. The van der Waals surface area contributed by atoms with Gasteiger partial charge >= 0.3 is 6.36 Å². The molecule has 0 bridgehead atoms. The highest BCUT2D eigenvalue weighted by molar-refractivity contribution is 9.10. The first kappa shape index (κ1) is 13.1. The molecule has 3 nitrogen and oxygen atoms in total. The number of halogens is 5. The van der Waals surface area contributed by atoms with Crippen molar-refractivity contribution in [3.05, 3.63) is 22.2 Å². The van der Waals surface area contributed by atoms with Crippen LogP contribution in [0.15, 0.2) is 16.6 Å². The summed E-state index contributed by atoms with van der Waals surface area (Å²) in [5.74, 6) is -0.681. The number of rotatable bonds is 2. The monoisotopic (exact) mass is 317 g/mol. The van der Waals surface area contributed by atoms with Gasteiger partial charge < -0.3 is 10.5 Å². The third-order valence-electron chi connectivity index (χ3n) is 1.58. The van der Waals surface area contributed by atoms with Crippen molar-refractivity contribution in [1.29, 1.82) is 0 Å². The maximum absolute atomic E-state index is 12.0. The molecule has 0 fully saturated rings. The molecular weight excluding hydrogens is 314 g/mol. The Bertz CT molecular complexity index is 436. The quantitative estimate of drug-likeness (QED) is 0.672. The fraction of sp³-hybridized carbons (Fsp3) is 0.125. The van der Waals surface area contributed by atoms with Gasteiger partial charge in [0.2, 0.25) is 0 Å². The van der Waals surface area contributed by atoms with Crippen molar-refractivity contribution >= 4 is 38.5 Å². The average molecular weight is 318 g/mol. The molecule has 0 aliphatic heterocycles. The Morgan fingerprint density at radius 3 is 2.44 bits per heavy atom. The van der Waals surface area contributed by atoms with Gasteiger partial charge in [0.25, 0.3) is 5.24 Å². The minimum Gasteiger partial charge on any atom is -0.402 e. The first-order valence-corrected chi connectivity index (χ1v) is 4.93. The van der Waals surface area contributed by atoms with E-state index < -0.39 is 23.0 Å². The Morgan fingerprint density at radius 1 is 1.44 bits per heavy atom. The minimum atomic E-state index is -4.90. The Kier molecular flexibility index (Phi) is 3.69. The molecule has 0 aromatic heterocycles. The zero-order valence-corrected chi connectivity index (χ0v) is 9.78. The number of alkyl halides is 3. The van der Waals surface area contributed by atoms with Gasteiger partial charge in [0, 0.05) is 0 Å². The van der Waals surface area contributed by atoms with Crippen molar-refractivity contribution in [2.45, 2.75) is 6.36 Å². The molecule has 0 unspecified atom stereocenters. The number of benzene rings is 1. The number of nitrogens with two attached hydrogens (primary N) is 1. The average Bonchev–Trinajstić information content (AvgIpc) is 2.10. The lowest BCUT2D eigenvalue weighted by molar-refractivity contribution is -0.274. The van der Waals surface area contributed by atoms with Crippen molar-refractivity contribution in [2.24, 2.45) is 0 Å². The lowest BCUT2D eigenvalue weighted by Gasteiger charge is -2.14. The number of hydrogen-bond acceptors (Lipinski definition) is 3. The van der Waals surface area contributed by atoms with Crippen LogP contribution in [0.5, 0.6) is 5.75 Å². The molecule has 16 heavy (non-hydrogen) atoms. The molecule has 0 saturated heterocycles. The van der Waals surface area contributed by atoms with Crippen molar-refractivity contribution in [3.8, 4) is 5.75 Å². The summed E-state index contributed by atoms with van der Waals surface area (Å²) in [6, 6.07) is 2.38. The highest BCUT2D eigenvalue weighted by Crippen LogP contribution is 2.38. The molecule has 2 N–H and O–H groups in total. The standard InChI is InChI=1S/C8H4BrClF3NO2/c9-4-2-1-3(7(10)15)5(14)6(4)16-8(11,12)13/h1-2H,14H2. The number of hydrogen-bond donors (Lipinski definition) is 1. The molecule has 0 saturated carbocycles. The highest BCUT2D eigenvalue weighted by atomic mass is 79.9. The Labute approximate surface area is 101 Å². The minimum absolute atomic E-state index is 0.0241. The lowest BCUT2D eigenvalue weighted by atomic mass is 10.2. The van der Waals surface area contributed by atoms with E-state index in [9.17, 15) is 18.0 Å². The van der Waals surface area contributed by atoms with E-state index in [4.69, 9.17) is 17.3 Å². The van der Waals surface area contributed by atoms with Gasteiger partial charge in [-0.05, 0) is 39.7 Å². The Balaban J connectivity index is 3.27. The molecule has 0 atom stereocenters. The summed E-state index contributed by atoms with van der Waals surface area (Å²) in [5, 5.41) is -0.961. The first-order chi connectivity index (χ1) is 7.22. The van der Waals surface area contributed by atoms with Gasteiger partial charge in [0.05, 0.1) is 15.7 Å². The second kappa shape index (κ2) is 4.50. The molecule has 0 amide bonds. The molecule has 0 aliphatic rings. The van der Waals surface area contributed by atoms with Crippen molar-refractivity contribution < 1.29 is 22.7 Å². The summed E-state index contributed by atoms with van der Waals surface area (Å²) in [5.41, 5.74) is 4.62. The van der Waals surface area contributed by atoms with E-state index in [0.717, 1.165) is 0 Å². The smallest absolute Gasteiger partial charge is 0.402 e. The van der Waals surface area contributed by atoms with E-state index in [2.05, 4.69) is 20.7 Å². The first-order valence-electron chi connectivity index (χ1n) is 3.76. The molecule has 0 heterocycles. The normalized spacial score (nSPS) is 11.3. The van der Waals surface area contributed by atoms with Crippen LogP contribution < -0.4 is 10.5 Å². The number of nitrogen functional groups attached to an aromatic ring is 1. The van der Waals surface area contributed by atoms with Crippen LogP contribution in [0.2, 0.25) is 0 Å². The third-order valence-corrected chi connectivity index (χ3v) is 2.41. The summed E-state index contributed by atoms with van der Waals surface area (Å²) < 4.78 is 39.7. The van der Waals surface area contributed by atoms with Gasteiger partial charge in [-0.3, -0.25) is 4.79 Å². The molecule has 0 spiro atoms. The molecule has 1 aromatic carbocycles. The molecule has 1 rings (SSSR count). The van der Waals surface area contributed by atoms with E-state index in [1.54, 1.807) is 0 Å². The largest absolute Gasteiger partial charge is 0.573 e.